The molecule has 0 atom stereocenters. The van der Waals surface area contributed by atoms with Gasteiger partial charge in [0, 0.05) is 62.8 Å². The summed E-state index contributed by atoms with van der Waals surface area (Å²) in [6.45, 7) is 5.18. The maximum absolute atomic E-state index is 11.5. The number of carbonyl (C=O) groups excluding carboxylic acids is 1. The zero-order valence-electron chi connectivity index (χ0n) is 20.3. The molecule has 0 unspecified atom stereocenters. The first-order valence-electron chi connectivity index (χ1n) is 11.9. The molecule has 0 saturated carbocycles. The van der Waals surface area contributed by atoms with Crippen LogP contribution >= 0.6 is 0 Å². The van der Waals surface area contributed by atoms with E-state index in [-0.39, 0.29) is 12.3 Å². The van der Waals surface area contributed by atoms with Crippen molar-refractivity contribution in [1.29, 1.82) is 0 Å². The van der Waals surface area contributed by atoms with Gasteiger partial charge < -0.3 is 20.6 Å². The summed E-state index contributed by atoms with van der Waals surface area (Å²) in [7, 11) is 0. The van der Waals surface area contributed by atoms with Crippen LogP contribution in [0.5, 0.6) is 0 Å². The van der Waals surface area contributed by atoms with Crippen LogP contribution in [0.2, 0.25) is 0 Å². The molecule has 1 aromatic carbocycles. The quantitative estimate of drug-likeness (QED) is 0.439. The summed E-state index contributed by atoms with van der Waals surface area (Å²) in [5, 5.41) is 8.81. The van der Waals surface area contributed by atoms with E-state index in [2.05, 4.69) is 30.8 Å². The molecule has 0 radical (unpaired) electrons. The maximum atomic E-state index is 11.5. The number of nitrogens with zero attached hydrogens (tertiary/aromatic N) is 5. The molecule has 1 aliphatic rings. The molecule has 9 heteroatoms. The molecule has 0 aliphatic carbocycles. The van der Waals surface area contributed by atoms with Gasteiger partial charge in [-0.1, -0.05) is 24.3 Å². The van der Waals surface area contributed by atoms with Crippen LogP contribution in [0, 0.1) is 6.92 Å². The van der Waals surface area contributed by atoms with Gasteiger partial charge in [0.25, 0.3) is 0 Å². The molecule has 1 aliphatic heterocycles. The lowest BCUT2D eigenvalue weighted by molar-refractivity contribution is -0.131. The van der Waals surface area contributed by atoms with E-state index < -0.39 is 5.97 Å². The molecule has 0 spiro atoms. The van der Waals surface area contributed by atoms with Crippen molar-refractivity contribution in [2.45, 2.75) is 19.8 Å². The first kappa shape index (κ1) is 25.0. The monoisotopic (exact) mass is 486 g/mol. The third-order valence-electron chi connectivity index (χ3n) is 6.17. The Morgan fingerprint density at radius 2 is 1.72 bits per heavy atom. The Kier molecular flexibility index (Phi) is 8.02. The Labute approximate surface area is 210 Å². The van der Waals surface area contributed by atoms with Gasteiger partial charge in [0.2, 0.25) is 5.95 Å². The topological polar surface area (TPSA) is 126 Å². The first-order valence-corrected chi connectivity index (χ1v) is 11.9. The van der Waals surface area contributed by atoms with Gasteiger partial charge in [0.05, 0.1) is 6.54 Å². The van der Waals surface area contributed by atoms with Crippen LogP contribution in [-0.2, 0) is 16.0 Å². The summed E-state index contributed by atoms with van der Waals surface area (Å²) < 4.78 is 0. The number of benzene rings is 1. The number of aromatic nitrogens is 3. The van der Waals surface area contributed by atoms with E-state index in [4.69, 9.17) is 10.8 Å². The average Bonchev–Trinajstić information content (AvgIpc) is 2.91. The summed E-state index contributed by atoms with van der Waals surface area (Å²) in [4.78, 5) is 40.4. The molecule has 3 N–H and O–H groups in total. The molecule has 1 saturated heterocycles. The number of rotatable bonds is 9. The molecule has 9 nitrogen and oxygen atoms in total. The van der Waals surface area contributed by atoms with Crippen molar-refractivity contribution < 1.29 is 14.7 Å². The highest BCUT2D eigenvalue weighted by molar-refractivity contribution is 5.85. The second-order valence-corrected chi connectivity index (χ2v) is 8.77. The van der Waals surface area contributed by atoms with Gasteiger partial charge >= 0.3 is 5.97 Å². The molecule has 0 bridgehead atoms. The molecule has 4 rings (SSSR count). The maximum Gasteiger partial charge on any atom is 0.328 e. The van der Waals surface area contributed by atoms with Crippen molar-refractivity contribution in [2.24, 2.45) is 5.73 Å². The number of Topliss-reactive ketones (excluding diaryl/α,β-unsaturated/α-hetero) is 1. The summed E-state index contributed by atoms with van der Waals surface area (Å²) in [5.74, 6) is 0.685. The number of piperazine rings is 1. The van der Waals surface area contributed by atoms with Gasteiger partial charge in [0.15, 0.2) is 0 Å². The van der Waals surface area contributed by atoms with Crippen LogP contribution in [0.4, 0.5) is 11.8 Å². The summed E-state index contributed by atoms with van der Waals surface area (Å²) in [6, 6.07) is 10.0. The van der Waals surface area contributed by atoms with Crippen molar-refractivity contribution in [3.05, 3.63) is 71.7 Å². The van der Waals surface area contributed by atoms with Gasteiger partial charge in [-0.15, -0.1) is 0 Å². The third-order valence-corrected chi connectivity index (χ3v) is 6.17. The SMILES string of the molecule is Cc1cc(/C=C/C(=O)O)cnc1N1CCN(c2ncc(-c3cccc(CCC(=O)CN)c3)cn2)CC1. The van der Waals surface area contributed by atoms with Crippen molar-refractivity contribution in [2.75, 3.05) is 42.5 Å². The molecule has 36 heavy (non-hydrogen) atoms. The minimum atomic E-state index is -0.979. The van der Waals surface area contributed by atoms with Gasteiger partial charge in [-0.25, -0.2) is 19.7 Å². The van der Waals surface area contributed by atoms with Gasteiger partial charge in [-0.3, -0.25) is 4.79 Å². The van der Waals surface area contributed by atoms with E-state index in [1.807, 2.05) is 43.6 Å². The zero-order chi connectivity index (χ0) is 25.5. The number of nitrogens with two attached hydrogens (primary N) is 1. The summed E-state index contributed by atoms with van der Waals surface area (Å²) in [5.41, 5.74) is 10.2. The van der Waals surface area contributed by atoms with Crippen molar-refractivity contribution in [1.82, 2.24) is 15.0 Å². The van der Waals surface area contributed by atoms with Crippen molar-refractivity contribution >= 4 is 29.6 Å². The Morgan fingerprint density at radius 3 is 2.39 bits per heavy atom. The largest absolute Gasteiger partial charge is 0.478 e. The molecule has 3 heterocycles. The third kappa shape index (κ3) is 6.31. The summed E-state index contributed by atoms with van der Waals surface area (Å²) in [6.07, 6.45) is 9.15. The minimum absolute atomic E-state index is 0.0593. The fraction of sp³-hybridized carbons (Fsp3) is 0.296. The second-order valence-electron chi connectivity index (χ2n) is 8.77. The highest BCUT2D eigenvalue weighted by Gasteiger charge is 2.21. The van der Waals surface area contributed by atoms with E-state index in [1.54, 1.807) is 12.3 Å². The molecular formula is C27H30N6O3. The van der Waals surface area contributed by atoms with Gasteiger partial charge in [-0.05, 0) is 47.7 Å². The predicted molar refractivity (Wildman–Crippen MR) is 140 cm³/mol. The van der Waals surface area contributed by atoms with Crippen LogP contribution in [0.1, 0.15) is 23.1 Å². The lowest BCUT2D eigenvalue weighted by atomic mass is 10.0. The minimum Gasteiger partial charge on any atom is -0.478 e. The average molecular weight is 487 g/mol. The van der Waals surface area contributed by atoms with Crippen molar-refractivity contribution in [3.8, 4) is 11.1 Å². The van der Waals surface area contributed by atoms with Crippen LogP contribution in [-0.4, -0.2) is 64.5 Å². The Balaban J connectivity index is 1.36. The number of ketones is 1. The Hall–Kier alpha value is -4.11. The Bertz CT molecular complexity index is 1250. The Morgan fingerprint density at radius 1 is 1.00 bits per heavy atom. The number of pyridine rings is 1. The van der Waals surface area contributed by atoms with Gasteiger partial charge in [0.1, 0.15) is 11.6 Å². The van der Waals surface area contributed by atoms with Crippen LogP contribution in [0.3, 0.4) is 0 Å². The number of anilines is 2. The first-order chi connectivity index (χ1) is 17.4. The number of hydrogen-bond donors (Lipinski definition) is 2. The molecule has 1 fully saturated rings. The van der Waals surface area contributed by atoms with E-state index >= 15 is 0 Å². The molecule has 0 amide bonds. The molecule has 3 aromatic rings. The highest BCUT2D eigenvalue weighted by Crippen LogP contribution is 2.23. The smallest absolute Gasteiger partial charge is 0.328 e. The zero-order valence-corrected chi connectivity index (χ0v) is 20.3. The van der Waals surface area contributed by atoms with Crippen molar-refractivity contribution in [3.63, 3.8) is 0 Å². The number of aryl methyl sites for hydroxylation is 2. The van der Waals surface area contributed by atoms with Crippen LogP contribution in [0.25, 0.3) is 17.2 Å². The fourth-order valence-corrected chi connectivity index (χ4v) is 4.22. The number of hydrogen-bond acceptors (Lipinski definition) is 8. The summed E-state index contributed by atoms with van der Waals surface area (Å²) >= 11 is 0. The number of carbonyl (C=O) groups is 2. The molecular weight excluding hydrogens is 456 g/mol. The second kappa shape index (κ2) is 11.5. The van der Waals surface area contributed by atoms with E-state index in [0.717, 1.165) is 65.9 Å². The van der Waals surface area contributed by atoms with E-state index in [1.165, 1.54) is 0 Å². The number of carboxylic acids is 1. The van der Waals surface area contributed by atoms with Crippen LogP contribution in [0.15, 0.2) is 55.0 Å². The predicted octanol–water partition coefficient (Wildman–Crippen LogP) is 2.73. The van der Waals surface area contributed by atoms with E-state index in [9.17, 15) is 9.59 Å². The van der Waals surface area contributed by atoms with Gasteiger partial charge in [-0.2, -0.15) is 0 Å². The van der Waals surface area contributed by atoms with Crippen LogP contribution < -0.4 is 15.5 Å². The van der Waals surface area contributed by atoms with E-state index in [0.29, 0.717) is 18.8 Å². The molecule has 186 valence electrons. The highest BCUT2D eigenvalue weighted by atomic mass is 16.4. The molecule has 2 aromatic heterocycles. The number of carboxylic acid groups (broad SMARTS) is 1. The normalized spacial score (nSPS) is 13.8. The fourth-order valence-electron chi connectivity index (χ4n) is 4.22. The lowest BCUT2D eigenvalue weighted by Gasteiger charge is -2.36. The lowest BCUT2D eigenvalue weighted by Crippen LogP contribution is -2.47. The standard InChI is InChI=1S/C27H30N6O3/c1-19-13-21(6-8-25(35)36)16-29-26(19)32-9-11-33(12-10-32)27-30-17-23(18-31-27)22-4-2-3-20(14-22)5-7-24(34)15-28/h2-4,6,8,13-14,16-18H,5,7,9-12,15,28H2,1H3,(H,35,36)/b8-6+. The number of aliphatic carboxylic acids is 1.